The molecule has 4 rings (SSSR count). The molecule has 0 radical (unpaired) electrons. The molecule has 3 aromatic carbocycles. The van der Waals surface area contributed by atoms with Crippen molar-refractivity contribution < 1.29 is 19.1 Å². The van der Waals surface area contributed by atoms with Crippen LogP contribution in [-0.2, 0) is 0 Å². The smallest absolute Gasteiger partial charge is 0.232 e. The summed E-state index contributed by atoms with van der Waals surface area (Å²) >= 11 is 0. The van der Waals surface area contributed by atoms with Crippen molar-refractivity contribution in [2.45, 2.75) is 6.92 Å². The van der Waals surface area contributed by atoms with Crippen LogP contribution < -0.4 is 14.4 Å². The van der Waals surface area contributed by atoms with Gasteiger partial charge >= 0.3 is 0 Å². The van der Waals surface area contributed by atoms with Crippen LogP contribution in [0.3, 0.4) is 0 Å². The van der Waals surface area contributed by atoms with Crippen LogP contribution in [0.2, 0.25) is 0 Å². The van der Waals surface area contributed by atoms with Crippen LogP contribution in [0.5, 0.6) is 11.5 Å². The molecule has 1 aliphatic rings. The fourth-order valence-electron chi connectivity index (χ4n) is 3.44. The summed E-state index contributed by atoms with van der Waals surface area (Å²) in [5.41, 5.74) is 3.82. The molecule has 0 aromatic heterocycles. The maximum absolute atomic E-state index is 12.9. The van der Waals surface area contributed by atoms with Gasteiger partial charge in [0.1, 0.15) is 11.5 Å². The van der Waals surface area contributed by atoms with Crippen LogP contribution in [0.4, 0.5) is 5.69 Å². The van der Waals surface area contributed by atoms with Gasteiger partial charge < -0.3 is 14.4 Å². The lowest BCUT2D eigenvalue weighted by atomic mass is 10.0. The number of nitrogens with zero attached hydrogens (tertiary/aromatic N) is 1. The first-order valence-corrected chi connectivity index (χ1v) is 9.99. The van der Waals surface area contributed by atoms with E-state index in [4.69, 9.17) is 9.47 Å². The highest BCUT2D eigenvalue weighted by molar-refractivity contribution is 6.15. The van der Waals surface area contributed by atoms with Gasteiger partial charge in [0.25, 0.3) is 0 Å². The Morgan fingerprint density at radius 1 is 1.03 bits per heavy atom. The first kappa shape index (κ1) is 20.4. The summed E-state index contributed by atoms with van der Waals surface area (Å²) in [6.07, 6.45) is 1.74. The van der Waals surface area contributed by atoms with Crippen LogP contribution in [0.25, 0.3) is 6.08 Å². The monoisotopic (exact) mass is 413 g/mol. The number of hydrogen-bond acceptors (Lipinski definition) is 5. The van der Waals surface area contributed by atoms with Crippen LogP contribution in [0, 0.1) is 6.92 Å². The van der Waals surface area contributed by atoms with Gasteiger partial charge in [0.2, 0.25) is 5.78 Å². The lowest BCUT2D eigenvalue weighted by molar-refractivity contribution is 0.0920. The van der Waals surface area contributed by atoms with E-state index >= 15 is 0 Å². The molecule has 0 bridgehead atoms. The van der Waals surface area contributed by atoms with E-state index in [-0.39, 0.29) is 23.9 Å². The lowest BCUT2D eigenvalue weighted by Gasteiger charge is -2.11. The third-order valence-corrected chi connectivity index (χ3v) is 5.12. The summed E-state index contributed by atoms with van der Waals surface area (Å²) in [7, 11) is 3.95. The zero-order valence-corrected chi connectivity index (χ0v) is 17.7. The maximum Gasteiger partial charge on any atom is 0.232 e. The Morgan fingerprint density at radius 3 is 2.42 bits per heavy atom. The molecule has 0 N–H and O–H groups in total. The molecule has 156 valence electrons. The molecule has 1 heterocycles. The standard InChI is InChI=1S/C26H23NO4/c1-17-13-21(30-16-22(28)19-7-5-4-6-8-19)15-23-25(17)26(29)24(31-23)14-18-9-11-20(12-10-18)27(2)3/h4-15H,16H2,1-3H3/b24-14-. The third-order valence-electron chi connectivity index (χ3n) is 5.12. The highest BCUT2D eigenvalue weighted by Gasteiger charge is 2.30. The van der Waals surface area contributed by atoms with Crippen molar-refractivity contribution in [3.8, 4) is 11.5 Å². The van der Waals surface area contributed by atoms with E-state index in [2.05, 4.69) is 0 Å². The second kappa shape index (κ2) is 8.48. The van der Waals surface area contributed by atoms with Gasteiger partial charge in [-0.3, -0.25) is 9.59 Å². The van der Waals surface area contributed by atoms with E-state index < -0.39 is 0 Å². The Hall–Kier alpha value is -3.86. The van der Waals surface area contributed by atoms with Gasteiger partial charge in [-0.25, -0.2) is 0 Å². The Kier molecular flexibility index (Phi) is 5.58. The highest BCUT2D eigenvalue weighted by Crippen LogP contribution is 2.37. The zero-order valence-electron chi connectivity index (χ0n) is 17.7. The average molecular weight is 413 g/mol. The molecule has 0 aliphatic carbocycles. The van der Waals surface area contributed by atoms with Crippen LogP contribution in [-0.4, -0.2) is 32.3 Å². The molecule has 5 heteroatoms. The van der Waals surface area contributed by atoms with E-state index in [9.17, 15) is 9.59 Å². The average Bonchev–Trinajstić information content (AvgIpc) is 3.08. The number of anilines is 1. The molecule has 0 atom stereocenters. The Morgan fingerprint density at radius 2 is 1.74 bits per heavy atom. The van der Waals surface area contributed by atoms with Gasteiger partial charge in [-0.05, 0) is 42.3 Å². The largest absolute Gasteiger partial charge is 0.485 e. The number of fused-ring (bicyclic) bond motifs is 1. The summed E-state index contributed by atoms with van der Waals surface area (Å²) in [6.45, 7) is 1.75. The zero-order chi connectivity index (χ0) is 22.0. The predicted molar refractivity (Wildman–Crippen MR) is 121 cm³/mol. The van der Waals surface area contributed by atoms with Crippen molar-refractivity contribution in [2.75, 3.05) is 25.6 Å². The van der Waals surface area contributed by atoms with Crippen molar-refractivity contribution >= 4 is 23.3 Å². The van der Waals surface area contributed by atoms with Gasteiger partial charge in [-0.2, -0.15) is 0 Å². The number of allylic oxidation sites excluding steroid dienone is 1. The minimum atomic E-state index is -0.156. The number of hydrogen-bond donors (Lipinski definition) is 0. The van der Waals surface area contributed by atoms with E-state index in [0.717, 1.165) is 16.8 Å². The van der Waals surface area contributed by atoms with Gasteiger partial charge in [0, 0.05) is 31.4 Å². The molecule has 0 fully saturated rings. The molecular weight excluding hydrogens is 390 g/mol. The van der Waals surface area contributed by atoms with Crippen molar-refractivity contribution in [1.82, 2.24) is 0 Å². The molecule has 1 aliphatic heterocycles. The first-order chi connectivity index (χ1) is 14.9. The minimum absolute atomic E-state index is 0.0862. The van der Waals surface area contributed by atoms with E-state index in [0.29, 0.717) is 22.6 Å². The summed E-state index contributed by atoms with van der Waals surface area (Å²) in [4.78, 5) is 27.2. The molecular formula is C26H23NO4. The van der Waals surface area contributed by atoms with E-state index in [1.54, 1.807) is 30.3 Å². The third kappa shape index (κ3) is 4.36. The normalized spacial score (nSPS) is 13.6. The van der Waals surface area contributed by atoms with Crippen LogP contribution in [0.15, 0.2) is 72.5 Å². The Bertz CT molecular complexity index is 1160. The van der Waals surface area contributed by atoms with Gasteiger partial charge in [0.05, 0.1) is 5.56 Å². The summed E-state index contributed by atoms with van der Waals surface area (Å²) < 4.78 is 11.5. The van der Waals surface area contributed by atoms with Crippen molar-refractivity contribution in [2.24, 2.45) is 0 Å². The predicted octanol–water partition coefficient (Wildman–Crippen LogP) is 4.94. The number of Topliss-reactive ketones (excluding diaryl/α,β-unsaturated/α-hetero) is 2. The molecule has 5 nitrogen and oxygen atoms in total. The SMILES string of the molecule is Cc1cc(OCC(=O)c2ccccc2)cc2c1C(=O)/C(=C/c1ccc(N(C)C)cc1)O2. The second-order valence-corrected chi connectivity index (χ2v) is 7.62. The molecule has 0 saturated carbocycles. The molecule has 0 saturated heterocycles. The quantitative estimate of drug-likeness (QED) is 0.423. The number of aryl methyl sites for hydroxylation is 1. The minimum Gasteiger partial charge on any atom is -0.485 e. The molecule has 31 heavy (non-hydrogen) atoms. The number of carbonyl (C=O) groups is 2. The molecule has 0 unspecified atom stereocenters. The summed E-state index contributed by atoms with van der Waals surface area (Å²) in [5, 5.41) is 0. The fraction of sp³-hybridized carbons (Fsp3) is 0.154. The number of carbonyl (C=O) groups excluding carboxylic acids is 2. The molecule has 0 amide bonds. The van der Waals surface area contributed by atoms with Crippen molar-refractivity contribution in [3.63, 3.8) is 0 Å². The molecule has 3 aromatic rings. The van der Waals surface area contributed by atoms with Gasteiger partial charge in [-0.15, -0.1) is 0 Å². The maximum atomic E-state index is 12.9. The van der Waals surface area contributed by atoms with Gasteiger partial charge in [-0.1, -0.05) is 42.5 Å². The van der Waals surface area contributed by atoms with Gasteiger partial charge in [0.15, 0.2) is 18.1 Å². The number of benzene rings is 3. The van der Waals surface area contributed by atoms with Crippen LogP contribution in [0.1, 0.15) is 31.8 Å². The lowest BCUT2D eigenvalue weighted by Crippen LogP contribution is -2.11. The summed E-state index contributed by atoms with van der Waals surface area (Å²) in [5.74, 6) is 0.940. The number of ketones is 2. The van der Waals surface area contributed by atoms with E-state index in [1.165, 1.54) is 0 Å². The number of ether oxygens (including phenoxy) is 2. The second-order valence-electron chi connectivity index (χ2n) is 7.62. The summed E-state index contributed by atoms with van der Waals surface area (Å²) in [6, 6.07) is 20.3. The van der Waals surface area contributed by atoms with Crippen molar-refractivity contribution in [3.05, 3.63) is 94.7 Å². The molecule has 0 spiro atoms. The first-order valence-electron chi connectivity index (χ1n) is 9.99. The Labute approximate surface area is 181 Å². The fourth-order valence-corrected chi connectivity index (χ4v) is 3.44. The van der Waals surface area contributed by atoms with E-state index in [1.807, 2.05) is 68.4 Å². The Balaban J connectivity index is 1.51. The highest BCUT2D eigenvalue weighted by atomic mass is 16.5. The van der Waals surface area contributed by atoms with Crippen LogP contribution >= 0.6 is 0 Å². The van der Waals surface area contributed by atoms with Crippen molar-refractivity contribution in [1.29, 1.82) is 0 Å². The topological polar surface area (TPSA) is 55.8 Å². The number of rotatable bonds is 6.